The SMILES string of the molecule is O=C1Nc2ccccc2Sc2occc21. The predicted molar refractivity (Wildman–Crippen MR) is 57.2 cm³/mol. The molecule has 3 nitrogen and oxygen atoms in total. The lowest BCUT2D eigenvalue weighted by molar-refractivity contribution is 0.102. The molecule has 1 aromatic heterocycles. The minimum Gasteiger partial charge on any atom is -0.457 e. The molecule has 0 unspecified atom stereocenters. The number of para-hydroxylation sites is 1. The molecule has 1 N–H and O–H groups in total. The number of rotatable bonds is 0. The fourth-order valence-corrected chi connectivity index (χ4v) is 2.44. The van der Waals surface area contributed by atoms with Gasteiger partial charge in [0.25, 0.3) is 5.91 Å². The first kappa shape index (κ1) is 8.61. The third-order valence-electron chi connectivity index (χ3n) is 2.21. The Morgan fingerprint density at radius 2 is 2.07 bits per heavy atom. The topological polar surface area (TPSA) is 42.2 Å². The predicted octanol–water partition coefficient (Wildman–Crippen LogP) is 3.00. The lowest BCUT2D eigenvalue weighted by atomic mass is 10.3. The molecule has 0 saturated carbocycles. The first-order valence-electron chi connectivity index (χ1n) is 4.50. The lowest BCUT2D eigenvalue weighted by Crippen LogP contribution is -2.10. The molecule has 0 bridgehead atoms. The van der Waals surface area contributed by atoms with Crippen LogP contribution in [0.5, 0.6) is 0 Å². The monoisotopic (exact) mass is 217 g/mol. The number of hydrogen-bond acceptors (Lipinski definition) is 3. The highest BCUT2D eigenvalue weighted by Crippen LogP contribution is 2.38. The van der Waals surface area contributed by atoms with Gasteiger partial charge in [-0.1, -0.05) is 12.1 Å². The van der Waals surface area contributed by atoms with Crippen molar-refractivity contribution in [3.63, 3.8) is 0 Å². The van der Waals surface area contributed by atoms with Crippen molar-refractivity contribution in [3.8, 4) is 0 Å². The maximum absolute atomic E-state index is 11.7. The molecule has 0 aliphatic carbocycles. The van der Waals surface area contributed by atoms with E-state index in [0.717, 1.165) is 10.6 Å². The summed E-state index contributed by atoms with van der Waals surface area (Å²) in [5, 5.41) is 3.50. The molecule has 0 saturated heterocycles. The van der Waals surface area contributed by atoms with Crippen LogP contribution in [0.3, 0.4) is 0 Å². The summed E-state index contributed by atoms with van der Waals surface area (Å²) in [5.41, 5.74) is 1.43. The average Bonchev–Trinajstić information content (AvgIpc) is 2.64. The van der Waals surface area contributed by atoms with Gasteiger partial charge in [-0.2, -0.15) is 0 Å². The summed E-state index contributed by atoms with van der Waals surface area (Å²) in [4.78, 5) is 12.7. The Morgan fingerprint density at radius 1 is 1.20 bits per heavy atom. The van der Waals surface area contributed by atoms with Crippen molar-refractivity contribution < 1.29 is 9.21 Å². The van der Waals surface area contributed by atoms with Gasteiger partial charge in [0.15, 0.2) is 5.09 Å². The fraction of sp³-hybridized carbons (Fsp3) is 0. The molecule has 2 aromatic rings. The van der Waals surface area contributed by atoms with Crippen molar-refractivity contribution in [2.24, 2.45) is 0 Å². The van der Waals surface area contributed by atoms with Crippen LogP contribution in [0.15, 0.2) is 51.0 Å². The Kier molecular flexibility index (Phi) is 1.82. The molecule has 4 heteroatoms. The highest BCUT2D eigenvalue weighted by Gasteiger charge is 2.21. The maximum Gasteiger partial charge on any atom is 0.260 e. The van der Waals surface area contributed by atoms with E-state index in [0.29, 0.717) is 10.7 Å². The summed E-state index contributed by atoms with van der Waals surface area (Å²) >= 11 is 1.46. The molecule has 3 rings (SSSR count). The van der Waals surface area contributed by atoms with Crippen LogP contribution in [0, 0.1) is 0 Å². The van der Waals surface area contributed by atoms with Gasteiger partial charge in [-0.05, 0) is 30.0 Å². The number of amides is 1. The summed E-state index contributed by atoms with van der Waals surface area (Å²) in [6.45, 7) is 0. The zero-order chi connectivity index (χ0) is 10.3. The second kappa shape index (κ2) is 3.17. The van der Waals surface area contributed by atoms with Crippen LogP contribution < -0.4 is 5.32 Å². The minimum atomic E-state index is -0.115. The van der Waals surface area contributed by atoms with Crippen molar-refractivity contribution in [2.45, 2.75) is 9.99 Å². The molecule has 74 valence electrons. The summed E-state index contributed by atoms with van der Waals surface area (Å²) < 4.78 is 5.27. The van der Waals surface area contributed by atoms with Gasteiger partial charge in [0.1, 0.15) is 0 Å². The zero-order valence-electron chi connectivity index (χ0n) is 7.69. The van der Waals surface area contributed by atoms with E-state index in [1.54, 1.807) is 6.07 Å². The van der Waals surface area contributed by atoms with Crippen molar-refractivity contribution in [2.75, 3.05) is 5.32 Å². The summed E-state index contributed by atoms with van der Waals surface area (Å²) in [7, 11) is 0. The number of carbonyl (C=O) groups is 1. The minimum absolute atomic E-state index is 0.115. The Morgan fingerprint density at radius 3 is 3.00 bits per heavy atom. The Labute approximate surface area is 90.5 Å². The van der Waals surface area contributed by atoms with E-state index >= 15 is 0 Å². The largest absolute Gasteiger partial charge is 0.457 e. The third kappa shape index (κ3) is 1.34. The zero-order valence-corrected chi connectivity index (χ0v) is 8.51. The molecule has 0 fully saturated rings. The number of benzene rings is 1. The highest BCUT2D eigenvalue weighted by molar-refractivity contribution is 7.99. The van der Waals surface area contributed by atoms with Gasteiger partial charge in [0.2, 0.25) is 0 Å². The van der Waals surface area contributed by atoms with Gasteiger partial charge in [-0.3, -0.25) is 4.79 Å². The number of hydrogen-bond donors (Lipinski definition) is 1. The number of furan rings is 1. The van der Waals surface area contributed by atoms with Crippen molar-refractivity contribution in [1.82, 2.24) is 0 Å². The number of nitrogens with one attached hydrogen (secondary N) is 1. The standard InChI is InChI=1S/C11H7NO2S/c13-10-7-5-6-14-11(7)15-9-4-2-1-3-8(9)12-10/h1-6H,(H,12,13). The quantitative estimate of drug-likeness (QED) is 0.737. The van der Waals surface area contributed by atoms with Crippen molar-refractivity contribution >= 4 is 23.4 Å². The van der Waals surface area contributed by atoms with Gasteiger partial charge >= 0.3 is 0 Å². The van der Waals surface area contributed by atoms with Crippen LogP contribution in [0.2, 0.25) is 0 Å². The molecule has 1 aliphatic heterocycles. The summed E-state index contributed by atoms with van der Waals surface area (Å²) in [6.07, 6.45) is 1.53. The third-order valence-corrected chi connectivity index (χ3v) is 3.29. The normalized spacial score (nSPS) is 13.7. The second-order valence-corrected chi connectivity index (χ2v) is 4.19. The second-order valence-electron chi connectivity index (χ2n) is 3.17. The molecular weight excluding hydrogens is 210 g/mol. The van der Waals surface area contributed by atoms with Gasteiger partial charge in [-0.25, -0.2) is 0 Å². The van der Waals surface area contributed by atoms with E-state index in [1.807, 2.05) is 24.3 Å². The molecule has 0 spiro atoms. The van der Waals surface area contributed by atoms with Crippen LogP contribution in [-0.2, 0) is 0 Å². The van der Waals surface area contributed by atoms with Crippen LogP contribution in [-0.4, -0.2) is 5.91 Å². The van der Waals surface area contributed by atoms with Crippen molar-refractivity contribution in [1.29, 1.82) is 0 Å². The fourth-order valence-electron chi connectivity index (χ4n) is 1.49. The average molecular weight is 217 g/mol. The molecule has 15 heavy (non-hydrogen) atoms. The Bertz CT molecular complexity index is 533. The van der Waals surface area contributed by atoms with E-state index in [4.69, 9.17) is 4.42 Å². The van der Waals surface area contributed by atoms with E-state index in [9.17, 15) is 4.79 Å². The number of fused-ring (bicyclic) bond motifs is 2. The summed E-state index contributed by atoms with van der Waals surface area (Å²) in [5.74, 6) is -0.115. The first-order chi connectivity index (χ1) is 7.34. The highest BCUT2D eigenvalue weighted by atomic mass is 32.2. The smallest absolute Gasteiger partial charge is 0.260 e. The Hall–Kier alpha value is -1.68. The van der Waals surface area contributed by atoms with Crippen LogP contribution >= 0.6 is 11.8 Å². The molecule has 0 radical (unpaired) electrons. The number of anilines is 1. The van der Waals surface area contributed by atoms with E-state index < -0.39 is 0 Å². The molecule has 1 aromatic carbocycles. The van der Waals surface area contributed by atoms with Crippen LogP contribution in [0.1, 0.15) is 10.4 Å². The molecule has 1 amide bonds. The van der Waals surface area contributed by atoms with E-state index in [-0.39, 0.29) is 5.91 Å². The van der Waals surface area contributed by atoms with Crippen LogP contribution in [0.25, 0.3) is 0 Å². The van der Waals surface area contributed by atoms with Crippen molar-refractivity contribution in [3.05, 3.63) is 42.2 Å². The van der Waals surface area contributed by atoms with Gasteiger partial charge in [-0.15, -0.1) is 0 Å². The lowest BCUT2D eigenvalue weighted by Gasteiger charge is -2.03. The van der Waals surface area contributed by atoms with Gasteiger partial charge in [0.05, 0.1) is 17.5 Å². The van der Waals surface area contributed by atoms with Gasteiger partial charge < -0.3 is 9.73 Å². The van der Waals surface area contributed by atoms with Gasteiger partial charge in [0, 0.05) is 4.90 Å². The molecule has 0 atom stereocenters. The van der Waals surface area contributed by atoms with E-state index in [2.05, 4.69) is 5.32 Å². The van der Waals surface area contributed by atoms with Crippen LogP contribution in [0.4, 0.5) is 5.69 Å². The molecule has 2 heterocycles. The summed E-state index contributed by atoms with van der Waals surface area (Å²) in [6, 6.07) is 9.35. The number of carbonyl (C=O) groups excluding carboxylic acids is 1. The molecular formula is C11H7NO2S. The van der Waals surface area contributed by atoms with E-state index in [1.165, 1.54) is 18.0 Å². The first-order valence-corrected chi connectivity index (χ1v) is 5.32. The Balaban J connectivity index is 2.18. The maximum atomic E-state index is 11.7. The molecule has 1 aliphatic rings.